The molecule has 2 saturated heterocycles. The Balaban J connectivity index is 1.37. The molecule has 2 aromatic rings. The van der Waals surface area contributed by atoms with Crippen LogP contribution in [0.15, 0.2) is 53.4 Å². The normalized spacial score (nSPS) is 22.4. The van der Waals surface area contributed by atoms with Crippen LogP contribution in [0.1, 0.15) is 41.8 Å². The van der Waals surface area contributed by atoms with Gasteiger partial charge in [-0.3, -0.25) is 9.69 Å². The van der Waals surface area contributed by atoms with Gasteiger partial charge in [-0.15, -0.1) is 0 Å². The fraction of sp³-hybridized carbons (Fsp3) is 0.462. The Bertz CT molecular complexity index is 1170. The first kappa shape index (κ1) is 25.3. The van der Waals surface area contributed by atoms with Crippen LogP contribution >= 0.6 is 0 Å². The molecule has 0 bridgehead atoms. The summed E-state index contributed by atoms with van der Waals surface area (Å²) in [5.41, 5.74) is 2.28. The number of nitriles is 1. The first-order valence-electron chi connectivity index (χ1n) is 12.0. The Morgan fingerprint density at radius 1 is 0.971 bits per heavy atom. The number of sulfonamides is 1. The summed E-state index contributed by atoms with van der Waals surface area (Å²) in [6.45, 7) is 8.06. The second-order valence-electron chi connectivity index (χ2n) is 9.33. The molecule has 0 saturated carbocycles. The van der Waals surface area contributed by atoms with E-state index in [1.807, 2.05) is 43.0 Å². The SMILES string of the molecule is C[C@@H]1CN(S(=O)(=O)c2ccc(C(=O)N3CCCN(Cc4ccc(C#N)cc4)CC3)cc2)C[C@@H](C)O1. The predicted molar refractivity (Wildman–Crippen MR) is 132 cm³/mol. The molecular weight excluding hydrogens is 464 g/mol. The van der Waals surface area contributed by atoms with Gasteiger partial charge in [0.2, 0.25) is 10.0 Å². The minimum absolute atomic E-state index is 0.0808. The van der Waals surface area contributed by atoms with Crippen LogP contribution in [-0.4, -0.2) is 79.9 Å². The molecule has 0 spiro atoms. The number of rotatable bonds is 5. The topological polar surface area (TPSA) is 94.0 Å². The molecule has 0 aliphatic carbocycles. The van der Waals surface area contributed by atoms with Crippen molar-refractivity contribution in [3.63, 3.8) is 0 Å². The zero-order chi connectivity index (χ0) is 25.0. The molecule has 0 aromatic heterocycles. The van der Waals surface area contributed by atoms with Crippen molar-refractivity contribution >= 4 is 15.9 Å². The molecule has 1 amide bonds. The maximum atomic E-state index is 13.1. The second-order valence-corrected chi connectivity index (χ2v) is 11.3. The molecule has 186 valence electrons. The average molecular weight is 497 g/mol. The van der Waals surface area contributed by atoms with Crippen LogP contribution in [0.3, 0.4) is 0 Å². The number of nitrogens with zero attached hydrogens (tertiary/aromatic N) is 4. The van der Waals surface area contributed by atoms with Gasteiger partial charge in [0.15, 0.2) is 0 Å². The highest BCUT2D eigenvalue weighted by Crippen LogP contribution is 2.22. The Labute approximate surface area is 207 Å². The van der Waals surface area contributed by atoms with E-state index in [9.17, 15) is 13.2 Å². The fourth-order valence-corrected chi connectivity index (χ4v) is 6.29. The van der Waals surface area contributed by atoms with E-state index in [0.717, 1.165) is 31.6 Å². The Morgan fingerprint density at radius 3 is 2.26 bits per heavy atom. The summed E-state index contributed by atoms with van der Waals surface area (Å²) < 4.78 is 33.3. The molecule has 0 unspecified atom stereocenters. The summed E-state index contributed by atoms with van der Waals surface area (Å²) in [6.07, 6.45) is 0.546. The van der Waals surface area contributed by atoms with E-state index in [0.29, 0.717) is 37.3 Å². The first-order chi connectivity index (χ1) is 16.8. The molecular formula is C26H32N4O4S. The molecule has 35 heavy (non-hydrogen) atoms. The minimum atomic E-state index is -3.64. The molecule has 2 aromatic carbocycles. The third-order valence-corrected chi connectivity index (χ3v) is 8.34. The van der Waals surface area contributed by atoms with Gasteiger partial charge >= 0.3 is 0 Å². The maximum absolute atomic E-state index is 13.1. The molecule has 2 aliphatic rings. The number of morpholine rings is 1. The standard InChI is InChI=1S/C26H32N4O4S/c1-20-17-30(18-21(2)34-20)35(32,33)25-10-8-24(9-11-25)26(31)29-13-3-12-28(14-15-29)19-23-6-4-22(16-27)5-7-23/h4-11,20-21H,3,12-15,17-19H2,1-2H3/t20-,21-/m1/s1. The average Bonchev–Trinajstić information content (AvgIpc) is 3.09. The Morgan fingerprint density at radius 2 is 1.63 bits per heavy atom. The number of benzene rings is 2. The van der Waals surface area contributed by atoms with E-state index in [1.54, 1.807) is 12.1 Å². The Kier molecular flexibility index (Phi) is 7.87. The molecule has 2 atom stereocenters. The van der Waals surface area contributed by atoms with Crippen molar-refractivity contribution in [2.24, 2.45) is 0 Å². The lowest BCUT2D eigenvalue weighted by Gasteiger charge is -2.34. The highest BCUT2D eigenvalue weighted by molar-refractivity contribution is 7.89. The summed E-state index contributed by atoms with van der Waals surface area (Å²) in [6, 6.07) is 16.0. The van der Waals surface area contributed by atoms with Crippen molar-refractivity contribution < 1.29 is 17.9 Å². The highest BCUT2D eigenvalue weighted by Gasteiger charge is 2.32. The number of ether oxygens (including phenoxy) is 1. The predicted octanol–water partition coefficient (Wildman–Crippen LogP) is 2.70. The number of hydrogen-bond acceptors (Lipinski definition) is 6. The van der Waals surface area contributed by atoms with Gasteiger partial charge in [-0.25, -0.2) is 8.42 Å². The third kappa shape index (κ3) is 6.08. The van der Waals surface area contributed by atoms with Gasteiger partial charge in [0, 0.05) is 51.4 Å². The molecule has 0 N–H and O–H groups in total. The Hall–Kier alpha value is -2.77. The molecule has 8 nitrogen and oxygen atoms in total. The van der Waals surface area contributed by atoms with Gasteiger partial charge in [0.05, 0.1) is 28.7 Å². The van der Waals surface area contributed by atoms with Crippen LogP contribution in [0, 0.1) is 11.3 Å². The summed E-state index contributed by atoms with van der Waals surface area (Å²) in [5, 5.41) is 8.96. The van der Waals surface area contributed by atoms with Crippen LogP contribution in [-0.2, 0) is 21.3 Å². The van der Waals surface area contributed by atoms with E-state index < -0.39 is 10.0 Å². The van der Waals surface area contributed by atoms with E-state index in [-0.39, 0.29) is 23.0 Å². The van der Waals surface area contributed by atoms with Crippen molar-refractivity contribution in [2.75, 3.05) is 39.3 Å². The number of amides is 1. The lowest BCUT2D eigenvalue weighted by atomic mass is 10.1. The quantitative estimate of drug-likeness (QED) is 0.632. The van der Waals surface area contributed by atoms with Crippen LogP contribution in [0.5, 0.6) is 0 Å². The van der Waals surface area contributed by atoms with Crippen molar-refractivity contribution in [2.45, 2.75) is 43.9 Å². The summed E-state index contributed by atoms with van der Waals surface area (Å²) in [4.78, 5) is 17.5. The zero-order valence-corrected chi connectivity index (χ0v) is 21.1. The van der Waals surface area contributed by atoms with Gasteiger partial charge in [-0.1, -0.05) is 12.1 Å². The van der Waals surface area contributed by atoms with Crippen molar-refractivity contribution in [1.82, 2.24) is 14.1 Å². The molecule has 2 fully saturated rings. The van der Waals surface area contributed by atoms with Gasteiger partial charge in [-0.05, 0) is 62.2 Å². The summed E-state index contributed by atoms with van der Waals surface area (Å²) in [5.74, 6) is -0.0808. The highest BCUT2D eigenvalue weighted by atomic mass is 32.2. The van der Waals surface area contributed by atoms with Crippen LogP contribution in [0.2, 0.25) is 0 Å². The molecule has 0 radical (unpaired) electrons. The molecule has 4 rings (SSSR count). The van der Waals surface area contributed by atoms with E-state index in [1.165, 1.54) is 16.4 Å². The first-order valence-corrected chi connectivity index (χ1v) is 13.5. The van der Waals surface area contributed by atoms with E-state index >= 15 is 0 Å². The van der Waals surface area contributed by atoms with Gasteiger partial charge in [0.25, 0.3) is 5.91 Å². The third-order valence-electron chi connectivity index (χ3n) is 6.49. The van der Waals surface area contributed by atoms with Crippen LogP contribution in [0.25, 0.3) is 0 Å². The monoisotopic (exact) mass is 496 g/mol. The molecule has 2 heterocycles. The van der Waals surface area contributed by atoms with Crippen LogP contribution in [0.4, 0.5) is 0 Å². The zero-order valence-electron chi connectivity index (χ0n) is 20.3. The summed E-state index contributed by atoms with van der Waals surface area (Å²) >= 11 is 0. The number of carbonyl (C=O) groups excluding carboxylic acids is 1. The van der Waals surface area contributed by atoms with E-state index in [4.69, 9.17) is 10.00 Å². The largest absolute Gasteiger partial charge is 0.373 e. The maximum Gasteiger partial charge on any atom is 0.253 e. The number of hydrogen-bond donors (Lipinski definition) is 0. The molecule has 9 heteroatoms. The second kappa shape index (κ2) is 10.9. The van der Waals surface area contributed by atoms with Gasteiger partial charge < -0.3 is 9.64 Å². The van der Waals surface area contributed by atoms with Crippen LogP contribution < -0.4 is 0 Å². The lowest BCUT2D eigenvalue weighted by Crippen LogP contribution is -2.48. The minimum Gasteiger partial charge on any atom is -0.373 e. The van der Waals surface area contributed by atoms with Crippen molar-refractivity contribution in [1.29, 1.82) is 5.26 Å². The summed E-state index contributed by atoms with van der Waals surface area (Å²) in [7, 11) is -3.64. The fourth-order valence-electron chi connectivity index (χ4n) is 4.70. The van der Waals surface area contributed by atoms with Crippen molar-refractivity contribution in [3.8, 4) is 6.07 Å². The lowest BCUT2D eigenvalue weighted by molar-refractivity contribution is -0.0440. The smallest absolute Gasteiger partial charge is 0.253 e. The van der Waals surface area contributed by atoms with Gasteiger partial charge in [-0.2, -0.15) is 9.57 Å². The van der Waals surface area contributed by atoms with Gasteiger partial charge in [0.1, 0.15) is 0 Å². The molecule has 2 aliphatic heterocycles. The number of carbonyl (C=O) groups is 1. The van der Waals surface area contributed by atoms with E-state index in [2.05, 4.69) is 11.0 Å². The van der Waals surface area contributed by atoms with Crippen molar-refractivity contribution in [3.05, 3.63) is 65.2 Å².